The van der Waals surface area contributed by atoms with Crippen molar-refractivity contribution in [2.75, 3.05) is 24.7 Å². The second-order valence-electron chi connectivity index (χ2n) is 8.69. The smallest absolute Gasteiger partial charge is 0.257 e. The van der Waals surface area contributed by atoms with Gasteiger partial charge in [0.2, 0.25) is 0 Å². The molecule has 0 unspecified atom stereocenters. The van der Waals surface area contributed by atoms with Crippen LogP contribution in [0.25, 0.3) is 0 Å². The molecule has 3 aromatic rings. The highest BCUT2D eigenvalue weighted by atomic mass is 16.3. The first-order valence-electron chi connectivity index (χ1n) is 10.1. The topological polar surface area (TPSA) is 112 Å². The molecule has 1 atom stereocenters. The average molecular weight is 423 g/mol. The Morgan fingerprint density at radius 2 is 1.87 bits per heavy atom. The van der Waals surface area contributed by atoms with E-state index < -0.39 is 10.9 Å². The number of furan rings is 1. The molecule has 4 rings (SSSR count). The molecule has 8 heteroatoms. The van der Waals surface area contributed by atoms with Crippen LogP contribution in [0.4, 0.5) is 17.1 Å². The standard InChI is InChI=1S/C23H25N3O5/c1-12-10-15(31-11-12)21(23(2)8-9-23)25-17-16(19(28)20(17)29)24-14-7-5-6-13(18(14)27)22(30)26(3)4/h5-7,10-11,21,24-25,27H,8-9H2,1-4H3/t21-/m0/s1. The van der Waals surface area contributed by atoms with Gasteiger partial charge in [0.25, 0.3) is 16.8 Å². The summed E-state index contributed by atoms with van der Waals surface area (Å²) in [6.45, 7) is 4.03. The maximum Gasteiger partial charge on any atom is 0.257 e. The summed E-state index contributed by atoms with van der Waals surface area (Å²) in [6.07, 6.45) is 3.60. The molecule has 1 aliphatic rings. The highest BCUT2D eigenvalue weighted by Gasteiger charge is 2.48. The molecule has 0 spiro atoms. The van der Waals surface area contributed by atoms with E-state index in [0.717, 1.165) is 18.4 Å². The molecule has 2 aromatic carbocycles. The molecule has 1 amide bonds. The zero-order chi connectivity index (χ0) is 22.5. The van der Waals surface area contributed by atoms with E-state index in [2.05, 4.69) is 17.6 Å². The number of anilines is 3. The molecule has 162 valence electrons. The van der Waals surface area contributed by atoms with Crippen LogP contribution in [-0.2, 0) is 0 Å². The minimum absolute atomic E-state index is 0.0623. The molecule has 8 nitrogen and oxygen atoms in total. The van der Waals surface area contributed by atoms with Gasteiger partial charge in [0.05, 0.1) is 23.6 Å². The molecular weight excluding hydrogens is 398 g/mol. The van der Waals surface area contributed by atoms with Crippen molar-refractivity contribution < 1.29 is 14.3 Å². The zero-order valence-electron chi connectivity index (χ0n) is 17.9. The Morgan fingerprint density at radius 1 is 1.19 bits per heavy atom. The Morgan fingerprint density at radius 3 is 2.45 bits per heavy atom. The molecule has 0 saturated heterocycles. The van der Waals surface area contributed by atoms with Gasteiger partial charge < -0.3 is 25.1 Å². The van der Waals surface area contributed by atoms with Crippen LogP contribution in [0.2, 0.25) is 0 Å². The van der Waals surface area contributed by atoms with Gasteiger partial charge in [-0.1, -0.05) is 13.0 Å². The van der Waals surface area contributed by atoms with Crippen molar-refractivity contribution in [2.24, 2.45) is 5.41 Å². The van der Waals surface area contributed by atoms with E-state index in [0.29, 0.717) is 5.76 Å². The van der Waals surface area contributed by atoms with Crippen molar-refractivity contribution >= 4 is 23.0 Å². The maximum atomic E-state index is 12.4. The summed E-state index contributed by atoms with van der Waals surface area (Å²) in [7, 11) is 3.16. The molecule has 1 aromatic heterocycles. The van der Waals surface area contributed by atoms with Crippen molar-refractivity contribution in [3.05, 3.63) is 67.9 Å². The molecule has 1 aliphatic carbocycles. The fraction of sp³-hybridized carbons (Fsp3) is 0.348. The number of phenolic OH excluding ortho intramolecular Hbond substituents is 1. The number of carbonyl (C=O) groups is 1. The van der Waals surface area contributed by atoms with Crippen LogP contribution in [-0.4, -0.2) is 30.0 Å². The minimum Gasteiger partial charge on any atom is -0.505 e. The third-order valence-corrected chi connectivity index (χ3v) is 5.90. The van der Waals surface area contributed by atoms with Crippen LogP contribution in [0.1, 0.15) is 47.5 Å². The molecule has 3 N–H and O–H groups in total. The van der Waals surface area contributed by atoms with Crippen LogP contribution in [0.3, 0.4) is 0 Å². The summed E-state index contributed by atoms with van der Waals surface area (Å²) < 4.78 is 5.68. The van der Waals surface area contributed by atoms with Crippen LogP contribution >= 0.6 is 0 Å². The van der Waals surface area contributed by atoms with Gasteiger partial charge >= 0.3 is 0 Å². The van der Waals surface area contributed by atoms with Gasteiger partial charge in [-0.15, -0.1) is 0 Å². The molecule has 1 fully saturated rings. The average Bonchev–Trinajstić information content (AvgIpc) is 3.34. The maximum absolute atomic E-state index is 12.4. The molecule has 31 heavy (non-hydrogen) atoms. The fourth-order valence-electron chi connectivity index (χ4n) is 3.66. The molecule has 1 heterocycles. The number of aryl methyl sites for hydroxylation is 1. The molecule has 0 bridgehead atoms. The number of nitrogens with one attached hydrogen (secondary N) is 2. The SMILES string of the molecule is Cc1coc([C@H](Nc2c(Nc3cccc(C(=O)N(C)C)c3O)c(=O)c2=O)C2(C)CC2)c1. The largest absolute Gasteiger partial charge is 0.505 e. The molecule has 0 aliphatic heterocycles. The lowest BCUT2D eigenvalue weighted by Gasteiger charge is -2.26. The van der Waals surface area contributed by atoms with E-state index >= 15 is 0 Å². The Kier molecular flexibility index (Phi) is 4.88. The predicted molar refractivity (Wildman–Crippen MR) is 118 cm³/mol. The van der Waals surface area contributed by atoms with Gasteiger partial charge in [-0.05, 0) is 48.9 Å². The lowest BCUT2D eigenvalue weighted by molar-refractivity contribution is 0.0824. The third kappa shape index (κ3) is 3.58. The van der Waals surface area contributed by atoms with E-state index in [4.69, 9.17) is 4.42 Å². The summed E-state index contributed by atoms with van der Waals surface area (Å²) >= 11 is 0. The lowest BCUT2D eigenvalue weighted by Crippen LogP contribution is -2.38. The number of hydrogen-bond acceptors (Lipinski definition) is 7. The van der Waals surface area contributed by atoms with Crippen LogP contribution < -0.4 is 21.5 Å². The Hall–Kier alpha value is -3.55. The number of hydrogen-bond donors (Lipinski definition) is 3. The summed E-state index contributed by atoms with van der Waals surface area (Å²) in [5.41, 5.74) is 0.0709. The Balaban J connectivity index is 1.65. The van der Waals surface area contributed by atoms with Crippen molar-refractivity contribution in [1.82, 2.24) is 4.90 Å². The van der Waals surface area contributed by atoms with E-state index in [1.54, 1.807) is 26.4 Å². The van der Waals surface area contributed by atoms with E-state index in [-0.39, 0.29) is 45.7 Å². The highest BCUT2D eigenvalue weighted by molar-refractivity contribution is 5.99. The van der Waals surface area contributed by atoms with Crippen molar-refractivity contribution in [2.45, 2.75) is 32.7 Å². The fourth-order valence-corrected chi connectivity index (χ4v) is 3.66. The number of aromatic hydroxyl groups is 1. The lowest BCUT2D eigenvalue weighted by atomic mass is 9.95. The minimum atomic E-state index is -0.679. The van der Waals surface area contributed by atoms with Gasteiger partial charge in [-0.3, -0.25) is 14.4 Å². The number of phenols is 1. The summed E-state index contributed by atoms with van der Waals surface area (Å²) in [5.74, 6) is 0.0462. The number of carbonyl (C=O) groups excluding carboxylic acids is 1. The van der Waals surface area contributed by atoms with Gasteiger partial charge in [0.1, 0.15) is 17.1 Å². The van der Waals surface area contributed by atoms with Crippen LogP contribution in [0, 0.1) is 12.3 Å². The number of amides is 1. The first-order chi connectivity index (χ1) is 14.6. The van der Waals surface area contributed by atoms with E-state index in [9.17, 15) is 19.5 Å². The summed E-state index contributed by atoms with van der Waals surface area (Å²) in [4.78, 5) is 38.3. The first-order valence-corrected chi connectivity index (χ1v) is 10.1. The Bertz CT molecular complexity index is 1230. The van der Waals surface area contributed by atoms with Gasteiger partial charge in [0, 0.05) is 14.1 Å². The zero-order valence-corrected chi connectivity index (χ0v) is 17.9. The summed E-state index contributed by atoms with van der Waals surface area (Å²) in [6, 6.07) is 6.28. The number of nitrogens with zero attached hydrogens (tertiary/aromatic N) is 1. The second kappa shape index (κ2) is 7.30. The van der Waals surface area contributed by atoms with Crippen molar-refractivity contribution in [3.8, 4) is 5.75 Å². The molecule has 1 saturated carbocycles. The van der Waals surface area contributed by atoms with Crippen molar-refractivity contribution in [1.29, 1.82) is 0 Å². The van der Waals surface area contributed by atoms with Gasteiger partial charge in [-0.2, -0.15) is 0 Å². The highest BCUT2D eigenvalue weighted by Crippen LogP contribution is 2.56. The molecule has 0 radical (unpaired) electrons. The normalized spacial score (nSPS) is 15.5. The first kappa shape index (κ1) is 20.7. The second-order valence-corrected chi connectivity index (χ2v) is 8.69. The Labute approximate surface area is 179 Å². The van der Waals surface area contributed by atoms with Gasteiger partial charge in [0.15, 0.2) is 5.75 Å². The molecular formula is C23H25N3O5. The quantitative estimate of drug-likeness (QED) is 0.395. The van der Waals surface area contributed by atoms with Crippen molar-refractivity contribution in [3.63, 3.8) is 0 Å². The van der Waals surface area contributed by atoms with E-state index in [1.807, 2.05) is 13.0 Å². The van der Waals surface area contributed by atoms with Gasteiger partial charge in [-0.25, -0.2) is 0 Å². The third-order valence-electron chi connectivity index (χ3n) is 5.90. The number of para-hydroxylation sites is 1. The predicted octanol–water partition coefficient (Wildman–Crippen LogP) is 3.29. The number of rotatable bonds is 7. The van der Waals surface area contributed by atoms with E-state index in [1.165, 1.54) is 17.0 Å². The van der Waals surface area contributed by atoms with Crippen LogP contribution in [0.5, 0.6) is 5.75 Å². The summed E-state index contributed by atoms with van der Waals surface area (Å²) in [5, 5.41) is 16.6. The number of benzene rings is 1. The van der Waals surface area contributed by atoms with Crippen LogP contribution in [0.15, 0.2) is 44.5 Å². The monoisotopic (exact) mass is 423 g/mol.